The zero-order valence-corrected chi connectivity index (χ0v) is 23.3. The predicted molar refractivity (Wildman–Crippen MR) is 125 cm³/mol. The van der Waals surface area contributed by atoms with Crippen molar-refractivity contribution in [1.29, 1.82) is 0 Å². The van der Waals surface area contributed by atoms with E-state index in [4.69, 9.17) is 9.47 Å². The van der Waals surface area contributed by atoms with Gasteiger partial charge in [0.1, 0.15) is 0 Å². The SMILES string of the molecule is CC1(C)C[C@@H]([C@@H](c2ccccc2)[Sn]([CH3])([CH3])[CH3])[C@H](OC(=O)N2C(C)(C)COC2(C)C)C1. The Bertz CT molecular complexity index is 750. The summed E-state index contributed by atoms with van der Waals surface area (Å²) in [5.41, 5.74) is 0.583. The molecule has 0 N–H and O–H groups in total. The number of rotatable bonds is 4. The molecule has 4 nitrogen and oxygen atoms in total. The Labute approximate surface area is 187 Å². The van der Waals surface area contributed by atoms with Crippen LogP contribution in [0.3, 0.4) is 0 Å². The van der Waals surface area contributed by atoms with Crippen molar-refractivity contribution in [3.63, 3.8) is 0 Å². The van der Waals surface area contributed by atoms with Crippen LogP contribution in [0, 0.1) is 11.3 Å². The number of ether oxygens (including phenoxy) is 2. The van der Waals surface area contributed by atoms with Gasteiger partial charge in [-0.05, 0) is 0 Å². The van der Waals surface area contributed by atoms with E-state index < -0.39 is 24.1 Å². The number of hydrogen-bond donors (Lipinski definition) is 0. The van der Waals surface area contributed by atoms with Gasteiger partial charge in [0.25, 0.3) is 0 Å². The normalized spacial score (nSPS) is 28.4. The first-order valence-electron chi connectivity index (χ1n) is 11.3. The van der Waals surface area contributed by atoms with E-state index in [0.29, 0.717) is 16.5 Å². The Morgan fingerprint density at radius 2 is 1.67 bits per heavy atom. The molecule has 1 aliphatic heterocycles. The molecular formula is C25H41NO3Sn. The molecule has 0 spiro atoms. The quantitative estimate of drug-likeness (QED) is 0.428. The van der Waals surface area contributed by atoms with Gasteiger partial charge in [-0.1, -0.05) is 0 Å². The van der Waals surface area contributed by atoms with Crippen LogP contribution < -0.4 is 0 Å². The summed E-state index contributed by atoms with van der Waals surface area (Å²) in [5.74, 6) is 0.372. The van der Waals surface area contributed by atoms with Gasteiger partial charge in [-0.2, -0.15) is 0 Å². The summed E-state index contributed by atoms with van der Waals surface area (Å²) in [4.78, 5) is 22.8. The molecule has 0 bridgehead atoms. The monoisotopic (exact) mass is 523 g/mol. The molecule has 2 fully saturated rings. The van der Waals surface area contributed by atoms with Gasteiger partial charge in [0, 0.05) is 0 Å². The van der Waals surface area contributed by atoms with E-state index in [2.05, 4.69) is 72.8 Å². The second-order valence-corrected chi connectivity index (χ2v) is 27.6. The third-order valence-corrected chi connectivity index (χ3v) is 14.4. The molecule has 1 saturated carbocycles. The van der Waals surface area contributed by atoms with Crippen LogP contribution in [-0.4, -0.2) is 53.3 Å². The van der Waals surface area contributed by atoms with E-state index in [9.17, 15) is 4.79 Å². The van der Waals surface area contributed by atoms with Crippen LogP contribution in [0.25, 0.3) is 0 Å². The third kappa shape index (κ3) is 4.85. The van der Waals surface area contributed by atoms with E-state index in [1.807, 2.05) is 13.8 Å². The van der Waals surface area contributed by atoms with Gasteiger partial charge in [-0.15, -0.1) is 0 Å². The Morgan fingerprint density at radius 3 is 2.17 bits per heavy atom. The van der Waals surface area contributed by atoms with E-state index in [-0.39, 0.29) is 23.2 Å². The van der Waals surface area contributed by atoms with Gasteiger partial charge < -0.3 is 0 Å². The Hall–Kier alpha value is -0.751. The summed E-state index contributed by atoms with van der Waals surface area (Å²) >= 11 is -2.40. The average molecular weight is 522 g/mol. The summed E-state index contributed by atoms with van der Waals surface area (Å²) in [5, 5.41) is 0. The second kappa shape index (κ2) is 7.99. The zero-order valence-electron chi connectivity index (χ0n) is 20.4. The molecule has 1 heterocycles. The molecule has 1 aromatic rings. The van der Waals surface area contributed by atoms with Gasteiger partial charge in [0.2, 0.25) is 0 Å². The van der Waals surface area contributed by atoms with Crippen molar-refractivity contribution in [2.75, 3.05) is 6.61 Å². The first kappa shape index (κ1) is 23.9. The fourth-order valence-corrected chi connectivity index (χ4v) is 13.9. The van der Waals surface area contributed by atoms with Gasteiger partial charge in [-0.25, -0.2) is 0 Å². The Morgan fingerprint density at radius 1 is 1.07 bits per heavy atom. The first-order valence-corrected chi connectivity index (χ1v) is 21.5. The van der Waals surface area contributed by atoms with Crippen LogP contribution in [0.4, 0.5) is 4.79 Å². The van der Waals surface area contributed by atoms with E-state index in [1.54, 1.807) is 4.90 Å². The average Bonchev–Trinajstić information content (AvgIpc) is 2.98. The van der Waals surface area contributed by atoms with E-state index in [1.165, 1.54) is 5.56 Å². The van der Waals surface area contributed by atoms with Crippen LogP contribution in [0.2, 0.25) is 14.8 Å². The Kier molecular flexibility index (Phi) is 6.36. The predicted octanol–water partition coefficient (Wildman–Crippen LogP) is 6.44. The first-order chi connectivity index (χ1) is 13.6. The summed E-state index contributed by atoms with van der Waals surface area (Å²) in [6.45, 7) is 13.2. The molecular weight excluding hydrogens is 481 g/mol. The van der Waals surface area contributed by atoms with E-state index >= 15 is 0 Å². The van der Waals surface area contributed by atoms with Crippen molar-refractivity contribution in [1.82, 2.24) is 4.90 Å². The summed E-state index contributed by atoms with van der Waals surface area (Å²) in [6, 6.07) is 10.9. The molecule has 1 amide bonds. The van der Waals surface area contributed by atoms with Gasteiger partial charge >= 0.3 is 188 Å². The van der Waals surface area contributed by atoms with E-state index in [0.717, 1.165) is 12.8 Å². The zero-order chi connectivity index (χ0) is 22.5. The number of hydrogen-bond acceptors (Lipinski definition) is 3. The summed E-state index contributed by atoms with van der Waals surface area (Å²) in [7, 11) is 0. The maximum absolute atomic E-state index is 13.4. The van der Waals surface area contributed by atoms with Gasteiger partial charge in [0.05, 0.1) is 0 Å². The second-order valence-electron chi connectivity index (χ2n) is 12.3. The van der Waals surface area contributed by atoms with Crippen LogP contribution in [0.5, 0.6) is 0 Å². The van der Waals surface area contributed by atoms with Crippen molar-refractivity contribution in [2.24, 2.45) is 11.3 Å². The van der Waals surface area contributed by atoms with Crippen LogP contribution in [0.1, 0.15) is 63.9 Å². The molecule has 3 atom stereocenters. The minimum absolute atomic E-state index is 0.0548. The van der Waals surface area contributed by atoms with Gasteiger partial charge in [0.15, 0.2) is 0 Å². The molecule has 3 rings (SSSR count). The molecule has 30 heavy (non-hydrogen) atoms. The van der Waals surface area contributed by atoms with Crippen molar-refractivity contribution in [3.05, 3.63) is 35.9 Å². The fraction of sp³-hybridized carbons (Fsp3) is 0.720. The number of amides is 1. The summed E-state index contributed by atoms with van der Waals surface area (Å²) in [6.07, 6.45) is 1.73. The summed E-state index contributed by atoms with van der Waals surface area (Å²) < 4.78 is 12.8. The molecule has 1 saturated heterocycles. The maximum atomic E-state index is 13.4. The fourth-order valence-electron chi connectivity index (χ4n) is 5.92. The van der Waals surface area contributed by atoms with Crippen LogP contribution in [-0.2, 0) is 9.47 Å². The molecule has 1 aromatic carbocycles. The number of carbonyl (C=O) groups excluding carboxylic acids is 1. The standard InChI is InChI=1S/C22H32NO3.3CH3.Sn/c1-20(2)13-17(12-16-10-8-7-9-11-16)18(14-20)26-19(24)23-21(3,4)15-25-22(23,5)6;;;;/h7-12,17-18H,13-15H2,1-6H3;3*1H3;/t17-,18-;;;;/m1..../s1. The number of benzene rings is 1. The molecule has 1 aliphatic carbocycles. The minimum atomic E-state index is -2.40. The van der Waals surface area contributed by atoms with Crippen molar-refractivity contribution < 1.29 is 14.3 Å². The number of nitrogens with zero attached hydrogens (tertiary/aromatic N) is 1. The van der Waals surface area contributed by atoms with Crippen LogP contribution in [0.15, 0.2) is 30.3 Å². The van der Waals surface area contributed by atoms with Crippen LogP contribution >= 0.6 is 0 Å². The molecule has 0 radical (unpaired) electrons. The van der Waals surface area contributed by atoms with Crippen molar-refractivity contribution in [3.8, 4) is 0 Å². The Balaban J connectivity index is 1.92. The molecule has 0 aromatic heterocycles. The topological polar surface area (TPSA) is 38.8 Å². The van der Waals surface area contributed by atoms with Gasteiger partial charge in [-0.3, -0.25) is 0 Å². The van der Waals surface area contributed by atoms with Crippen molar-refractivity contribution in [2.45, 2.75) is 90.5 Å². The molecule has 2 aliphatic rings. The third-order valence-electron chi connectivity index (χ3n) is 6.90. The van der Waals surface area contributed by atoms with Crippen molar-refractivity contribution >= 4 is 24.5 Å². The number of carbonyl (C=O) groups is 1. The molecule has 0 unspecified atom stereocenters. The molecule has 168 valence electrons. The molecule has 5 heteroatoms.